The van der Waals surface area contributed by atoms with E-state index in [1.54, 1.807) is 0 Å². The van der Waals surface area contributed by atoms with E-state index >= 15 is 0 Å². The summed E-state index contributed by atoms with van der Waals surface area (Å²) in [5.41, 5.74) is -0.643. The van der Waals surface area contributed by atoms with Crippen molar-refractivity contribution in [2.24, 2.45) is 0 Å². The second kappa shape index (κ2) is 10.5. The van der Waals surface area contributed by atoms with Gasteiger partial charge in [0.2, 0.25) is 5.91 Å². The minimum absolute atomic E-state index is 0.400. The van der Waals surface area contributed by atoms with E-state index in [1.807, 2.05) is 6.92 Å². The van der Waals surface area contributed by atoms with Crippen LogP contribution in [0.3, 0.4) is 0 Å². The summed E-state index contributed by atoms with van der Waals surface area (Å²) < 4.78 is 16.7. The lowest BCUT2D eigenvalue weighted by atomic mass is 9.96. The molecule has 0 bridgehead atoms. The van der Waals surface area contributed by atoms with Crippen molar-refractivity contribution in [1.29, 1.82) is 0 Å². The molecule has 2 aliphatic heterocycles. The molecule has 164 valence electrons. The molecule has 2 heterocycles. The molecule has 0 aromatic heterocycles. The Morgan fingerprint density at radius 1 is 1.00 bits per heavy atom. The van der Waals surface area contributed by atoms with Gasteiger partial charge in [0.25, 0.3) is 0 Å². The number of amides is 1. The summed E-state index contributed by atoms with van der Waals surface area (Å²) in [7, 11) is 0. The zero-order valence-corrected chi connectivity index (χ0v) is 16.4. The minimum atomic E-state index is -1.67. The molecule has 2 fully saturated rings. The van der Waals surface area contributed by atoms with Crippen LogP contribution in [0.2, 0.25) is 0 Å². The molecule has 0 aromatic rings. The van der Waals surface area contributed by atoms with Gasteiger partial charge in [-0.05, 0) is 5.75 Å². The molecule has 7 N–H and O–H groups in total. The fourth-order valence-electron chi connectivity index (χ4n) is 3.26. The molecule has 0 aliphatic carbocycles. The predicted molar refractivity (Wildman–Crippen MR) is 96.1 cm³/mol. The van der Waals surface area contributed by atoms with Crippen molar-refractivity contribution >= 4 is 17.7 Å². The number of aliphatic hydroxyl groups is 6. The Kier molecular flexibility index (Phi) is 8.88. The Balaban J connectivity index is 2.20. The van der Waals surface area contributed by atoms with Gasteiger partial charge >= 0.3 is 0 Å². The average Bonchev–Trinajstić information content (AvgIpc) is 2.66. The standard InChI is InChI=1S/C16H29NO10S/c1-3-28-16-9(17-6(2)20)11(22)14(8(5-19)26-16)27-15-13(24)12(23)10(21)7(4-18)25-15/h7-16,18-19,21-24H,3-5H2,1-2H3,(H,17,20). The lowest BCUT2D eigenvalue weighted by Gasteiger charge is -2.47. The van der Waals surface area contributed by atoms with Gasteiger partial charge < -0.3 is 50.2 Å². The van der Waals surface area contributed by atoms with Crippen LogP contribution >= 0.6 is 11.8 Å². The summed E-state index contributed by atoms with van der Waals surface area (Å²) in [6.07, 6.45) is -11.1. The maximum Gasteiger partial charge on any atom is 0.217 e. The molecule has 2 rings (SSSR count). The van der Waals surface area contributed by atoms with Gasteiger partial charge in [-0.25, -0.2) is 0 Å². The number of ether oxygens (including phenoxy) is 3. The van der Waals surface area contributed by atoms with Crippen molar-refractivity contribution in [3.05, 3.63) is 0 Å². The number of hydrogen-bond acceptors (Lipinski definition) is 11. The Morgan fingerprint density at radius 2 is 1.64 bits per heavy atom. The van der Waals surface area contributed by atoms with Crippen molar-refractivity contribution in [1.82, 2.24) is 5.32 Å². The van der Waals surface area contributed by atoms with Crippen LogP contribution in [-0.2, 0) is 19.0 Å². The number of nitrogens with one attached hydrogen (secondary N) is 1. The van der Waals surface area contributed by atoms with Crippen LogP contribution in [0.15, 0.2) is 0 Å². The van der Waals surface area contributed by atoms with Crippen LogP contribution in [-0.4, -0.2) is 116 Å². The number of carbonyl (C=O) groups excluding carboxylic acids is 1. The van der Waals surface area contributed by atoms with Crippen molar-refractivity contribution in [2.75, 3.05) is 19.0 Å². The van der Waals surface area contributed by atoms with Gasteiger partial charge in [0.15, 0.2) is 6.29 Å². The zero-order valence-electron chi connectivity index (χ0n) is 15.6. The van der Waals surface area contributed by atoms with Crippen LogP contribution in [0.5, 0.6) is 0 Å². The molecule has 0 radical (unpaired) electrons. The molecule has 2 aliphatic rings. The maximum atomic E-state index is 11.5. The van der Waals surface area contributed by atoms with Gasteiger partial charge in [0, 0.05) is 6.92 Å². The maximum absolute atomic E-state index is 11.5. The second-order valence-corrected chi connectivity index (χ2v) is 8.07. The quantitative estimate of drug-likeness (QED) is 0.214. The Labute approximate surface area is 166 Å². The predicted octanol–water partition coefficient (Wildman–Crippen LogP) is -3.49. The third kappa shape index (κ3) is 5.14. The van der Waals surface area contributed by atoms with Crippen molar-refractivity contribution in [2.45, 2.75) is 74.3 Å². The smallest absolute Gasteiger partial charge is 0.217 e. The third-order valence-corrected chi connectivity index (χ3v) is 5.76. The topological polar surface area (TPSA) is 178 Å². The van der Waals surface area contributed by atoms with E-state index in [2.05, 4.69) is 5.32 Å². The van der Waals surface area contributed by atoms with Gasteiger partial charge in [0.05, 0.1) is 19.3 Å². The monoisotopic (exact) mass is 427 g/mol. The summed E-state index contributed by atoms with van der Waals surface area (Å²) in [5, 5.41) is 62.2. The highest BCUT2D eigenvalue weighted by atomic mass is 32.2. The largest absolute Gasteiger partial charge is 0.394 e. The van der Waals surface area contributed by atoms with E-state index in [1.165, 1.54) is 18.7 Å². The third-order valence-electron chi connectivity index (χ3n) is 4.69. The first-order valence-electron chi connectivity index (χ1n) is 9.04. The van der Waals surface area contributed by atoms with Crippen LogP contribution in [0, 0.1) is 0 Å². The number of hydrogen-bond donors (Lipinski definition) is 7. The molecular formula is C16H29NO10S. The first-order valence-corrected chi connectivity index (χ1v) is 10.1. The van der Waals surface area contributed by atoms with Gasteiger partial charge in [-0.2, -0.15) is 0 Å². The SMILES string of the molecule is CCSC1OC(CO)C(OC2OC(CO)C(O)C(O)C2O)C(O)C1NC(C)=O. The molecule has 1 amide bonds. The highest BCUT2D eigenvalue weighted by molar-refractivity contribution is 7.99. The van der Waals surface area contributed by atoms with E-state index in [9.17, 15) is 35.4 Å². The fourth-order valence-corrected chi connectivity index (χ4v) is 4.25. The van der Waals surface area contributed by atoms with Crippen LogP contribution in [0.1, 0.15) is 13.8 Å². The van der Waals surface area contributed by atoms with Crippen molar-refractivity contribution in [3.8, 4) is 0 Å². The van der Waals surface area contributed by atoms with Crippen molar-refractivity contribution < 1.29 is 49.6 Å². The normalized spacial score (nSPS) is 44.3. The summed E-state index contributed by atoms with van der Waals surface area (Å²) in [6, 6.07) is -0.861. The first kappa shape index (κ1) is 23.7. The van der Waals surface area contributed by atoms with Crippen LogP contribution in [0.4, 0.5) is 0 Å². The highest BCUT2D eigenvalue weighted by Gasteiger charge is 2.50. The molecule has 0 saturated carbocycles. The Bertz CT molecular complexity index is 512. The van der Waals surface area contributed by atoms with E-state index in [0.717, 1.165) is 0 Å². The highest BCUT2D eigenvalue weighted by Crippen LogP contribution is 2.32. The zero-order chi connectivity index (χ0) is 21.0. The first-order chi connectivity index (χ1) is 13.2. The number of thioether (sulfide) groups is 1. The molecule has 0 spiro atoms. The molecule has 28 heavy (non-hydrogen) atoms. The van der Waals surface area contributed by atoms with E-state index in [4.69, 9.17) is 14.2 Å². The molecule has 2 saturated heterocycles. The van der Waals surface area contributed by atoms with Crippen LogP contribution in [0.25, 0.3) is 0 Å². The van der Waals surface area contributed by atoms with Crippen molar-refractivity contribution in [3.63, 3.8) is 0 Å². The molecular weight excluding hydrogens is 398 g/mol. The number of aliphatic hydroxyl groups excluding tert-OH is 6. The number of carbonyl (C=O) groups is 1. The van der Waals surface area contributed by atoms with Gasteiger partial charge in [-0.3, -0.25) is 4.79 Å². The summed E-state index contributed by atoms with van der Waals surface area (Å²) in [5.74, 6) is 0.229. The summed E-state index contributed by atoms with van der Waals surface area (Å²) >= 11 is 1.33. The molecule has 10 atom stereocenters. The average molecular weight is 427 g/mol. The molecule has 11 nitrogen and oxygen atoms in total. The minimum Gasteiger partial charge on any atom is -0.394 e. The van der Waals surface area contributed by atoms with Gasteiger partial charge in [-0.15, -0.1) is 11.8 Å². The number of rotatable bonds is 7. The lowest BCUT2D eigenvalue weighted by Crippen LogP contribution is -2.66. The molecule has 0 aromatic carbocycles. The van der Waals surface area contributed by atoms with E-state index < -0.39 is 79.6 Å². The Hall–Kier alpha value is -0.540. The summed E-state index contributed by atoms with van der Waals surface area (Å²) in [6.45, 7) is 2.00. The van der Waals surface area contributed by atoms with E-state index in [0.29, 0.717) is 5.75 Å². The van der Waals surface area contributed by atoms with E-state index in [-0.39, 0.29) is 0 Å². The second-order valence-electron chi connectivity index (χ2n) is 6.70. The molecule has 12 heteroatoms. The van der Waals surface area contributed by atoms with Gasteiger partial charge in [0.1, 0.15) is 48.2 Å². The lowest BCUT2D eigenvalue weighted by molar-refractivity contribution is -0.333. The molecule has 10 unspecified atom stereocenters. The van der Waals surface area contributed by atoms with Crippen LogP contribution < -0.4 is 5.32 Å². The Morgan fingerprint density at radius 3 is 2.18 bits per heavy atom. The fraction of sp³-hybridized carbons (Fsp3) is 0.938. The van der Waals surface area contributed by atoms with Gasteiger partial charge in [-0.1, -0.05) is 6.92 Å². The summed E-state index contributed by atoms with van der Waals surface area (Å²) in [4.78, 5) is 11.5.